The van der Waals surface area contributed by atoms with Gasteiger partial charge in [-0.1, -0.05) is 13.8 Å². The first kappa shape index (κ1) is 13.1. The molecule has 0 spiro atoms. The topological polar surface area (TPSA) is 65.2 Å². The highest BCUT2D eigenvalue weighted by Gasteiger charge is 2.22. The summed E-state index contributed by atoms with van der Waals surface area (Å²) in [7, 11) is 0. The second kappa shape index (κ2) is 5.41. The monoisotopic (exact) mass is 242 g/mol. The van der Waals surface area contributed by atoms with Crippen LogP contribution in [0.5, 0.6) is 0 Å². The molecule has 0 aromatic carbocycles. The Bertz CT molecular complexity index is 372. The summed E-state index contributed by atoms with van der Waals surface area (Å²) in [6.07, 6.45) is 0. The van der Waals surface area contributed by atoms with Crippen molar-refractivity contribution >= 4 is 17.3 Å². The van der Waals surface area contributed by atoms with Crippen LogP contribution in [0.1, 0.15) is 60.0 Å². The molecule has 16 heavy (non-hydrogen) atoms. The third kappa shape index (κ3) is 2.80. The highest BCUT2D eigenvalue weighted by molar-refractivity contribution is 7.13. The minimum absolute atomic E-state index is 0.148. The molecule has 1 aromatic heterocycles. The van der Waals surface area contributed by atoms with Gasteiger partial charge in [-0.25, -0.2) is 9.78 Å². The van der Waals surface area contributed by atoms with Gasteiger partial charge in [0.2, 0.25) is 0 Å². The number of hydrogen-bond acceptors (Lipinski definition) is 5. The summed E-state index contributed by atoms with van der Waals surface area (Å²) < 4.78 is 5.00. The SMILES string of the molecule is CCOC(=O)c1sc(C(C)N)nc1C(C)C. The summed E-state index contributed by atoms with van der Waals surface area (Å²) in [5.41, 5.74) is 6.55. The van der Waals surface area contributed by atoms with Gasteiger partial charge in [0.25, 0.3) is 0 Å². The summed E-state index contributed by atoms with van der Waals surface area (Å²) in [5, 5.41) is 0.784. The molecule has 0 saturated carbocycles. The van der Waals surface area contributed by atoms with Crippen molar-refractivity contribution in [2.24, 2.45) is 5.73 Å². The molecule has 0 aliphatic carbocycles. The van der Waals surface area contributed by atoms with Crippen LogP contribution >= 0.6 is 11.3 Å². The minimum atomic E-state index is -0.296. The number of nitrogens with zero attached hydrogens (tertiary/aromatic N) is 1. The first-order valence-electron chi connectivity index (χ1n) is 5.40. The lowest BCUT2D eigenvalue weighted by Crippen LogP contribution is -2.06. The number of rotatable bonds is 4. The Morgan fingerprint density at radius 2 is 2.12 bits per heavy atom. The van der Waals surface area contributed by atoms with Gasteiger partial charge in [0, 0.05) is 0 Å². The number of thiazole rings is 1. The normalized spacial score (nSPS) is 12.9. The maximum atomic E-state index is 11.7. The smallest absolute Gasteiger partial charge is 0.350 e. The van der Waals surface area contributed by atoms with Crippen molar-refractivity contribution in [3.05, 3.63) is 15.6 Å². The Labute approximate surface area is 99.8 Å². The van der Waals surface area contributed by atoms with Crippen LogP contribution in [0, 0.1) is 0 Å². The molecule has 90 valence electrons. The lowest BCUT2D eigenvalue weighted by molar-refractivity contribution is 0.0530. The molecular formula is C11H18N2O2S. The highest BCUT2D eigenvalue weighted by Crippen LogP contribution is 2.28. The van der Waals surface area contributed by atoms with Crippen molar-refractivity contribution < 1.29 is 9.53 Å². The fraction of sp³-hybridized carbons (Fsp3) is 0.636. The Morgan fingerprint density at radius 3 is 2.56 bits per heavy atom. The Kier molecular flexibility index (Phi) is 4.44. The first-order valence-corrected chi connectivity index (χ1v) is 6.22. The van der Waals surface area contributed by atoms with Crippen molar-refractivity contribution in [2.45, 2.75) is 39.7 Å². The quantitative estimate of drug-likeness (QED) is 0.824. The molecule has 4 nitrogen and oxygen atoms in total. The Morgan fingerprint density at radius 1 is 1.50 bits per heavy atom. The zero-order valence-corrected chi connectivity index (χ0v) is 10.9. The van der Waals surface area contributed by atoms with Crippen molar-refractivity contribution in [3.63, 3.8) is 0 Å². The average Bonchev–Trinajstić information content (AvgIpc) is 2.62. The number of ether oxygens (including phenoxy) is 1. The number of nitrogens with two attached hydrogens (primary N) is 1. The molecule has 0 fully saturated rings. The predicted molar refractivity (Wildman–Crippen MR) is 64.8 cm³/mol. The van der Waals surface area contributed by atoms with Gasteiger partial charge in [0.15, 0.2) is 0 Å². The van der Waals surface area contributed by atoms with Crippen LogP contribution < -0.4 is 5.73 Å². The molecule has 2 N–H and O–H groups in total. The number of aromatic nitrogens is 1. The van der Waals surface area contributed by atoms with Gasteiger partial charge >= 0.3 is 5.97 Å². The molecule has 0 amide bonds. The van der Waals surface area contributed by atoms with Gasteiger partial charge in [-0.3, -0.25) is 0 Å². The zero-order valence-electron chi connectivity index (χ0n) is 10.1. The van der Waals surface area contributed by atoms with Crippen LogP contribution in [0.15, 0.2) is 0 Å². The summed E-state index contributed by atoms with van der Waals surface area (Å²) in [4.78, 5) is 16.7. The van der Waals surface area contributed by atoms with Gasteiger partial charge in [0.05, 0.1) is 18.3 Å². The number of esters is 1. The molecule has 0 saturated heterocycles. The maximum absolute atomic E-state index is 11.7. The number of carbonyl (C=O) groups excluding carboxylic acids is 1. The summed E-state index contributed by atoms with van der Waals surface area (Å²) in [6, 6.07) is -0.148. The van der Waals surface area contributed by atoms with Crippen molar-refractivity contribution in [2.75, 3.05) is 6.61 Å². The van der Waals surface area contributed by atoms with E-state index in [2.05, 4.69) is 4.98 Å². The van der Waals surface area contributed by atoms with Crippen LogP contribution in [0.4, 0.5) is 0 Å². The van der Waals surface area contributed by atoms with E-state index >= 15 is 0 Å². The fourth-order valence-corrected chi connectivity index (χ4v) is 2.35. The van der Waals surface area contributed by atoms with Crippen LogP contribution in [0.25, 0.3) is 0 Å². The molecule has 0 bridgehead atoms. The van der Waals surface area contributed by atoms with E-state index in [0.717, 1.165) is 10.7 Å². The molecular weight excluding hydrogens is 224 g/mol. The minimum Gasteiger partial charge on any atom is -0.462 e. The van der Waals surface area contributed by atoms with Crippen LogP contribution in [-0.4, -0.2) is 17.6 Å². The summed E-state index contributed by atoms with van der Waals surface area (Å²) in [5.74, 6) is -0.0984. The van der Waals surface area contributed by atoms with Gasteiger partial charge < -0.3 is 10.5 Å². The molecule has 1 aromatic rings. The molecule has 0 radical (unpaired) electrons. The standard InChI is InChI=1S/C11H18N2O2S/c1-5-15-11(14)9-8(6(2)3)13-10(16-9)7(4)12/h6-7H,5,12H2,1-4H3. The predicted octanol–water partition coefficient (Wildman–Crippen LogP) is 2.46. The zero-order chi connectivity index (χ0) is 12.3. The van der Waals surface area contributed by atoms with E-state index in [4.69, 9.17) is 10.5 Å². The molecule has 1 atom stereocenters. The molecule has 1 rings (SSSR count). The van der Waals surface area contributed by atoms with E-state index in [1.165, 1.54) is 11.3 Å². The van der Waals surface area contributed by atoms with Crippen LogP contribution in [0.3, 0.4) is 0 Å². The third-order valence-corrected chi connectivity index (χ3v) is 3.32. The molecule has 1 unspecified atom stereocenters. The highest BCUT2D eigenvalue weighted by atomic mass is 32.1. The summed E-state index contributed by atoms with van der Waals surface area (Å²) in [6.45, 7) is 8.03. The van der Waals surface area contributed by atoms with Gasteiger partial charge in [-0.05, 0) is 19.8 Å². The molecule has 0 aliphatic heterocycles. The average molecular weight is 242 g/mol. The van der Waals surface area contributed by atoms with Crippen molar-refractivity contribution in [3.8, 4) is 0 Å². The summed E-state index contributed by atoms with van der Waals surface area (Å²) >= 11 is 1.33. The van der Waals surface area contributed by atoms with Crippen molar-refractivity contribution in [1.29, 1.82) is 0 Å². The van der Waals surface area contributed by atoms with E-state index in [9.17, 15) is 4.79 Å². The van der Waals surface area contributed by atoms with E-state index < -0.39 is 0 Å². The lowest BCUT2D eigenvalue weighted by atomic mass is 10.1. The van der Waals surface area contributed by atoms with E-state index in [0.29, 0.717) is 11.5 Å². The molecule has 1 heterocycles. The van der Waals surface area contributed by atoms with Crippen molar-refractivity contribution in [1.82, 2.24) is 4.98 Å². The fourth-order valence-electron chi connectivity index (χ4n) is 1.28. The maximum Gasteiger partial charge on any atom is 0.350 e. The lowest BCUT2D eigenvalue weighted by Gasteiger charge is -2.04. The van der Waals surface area contributed by atoms with Crippen LogP contribution in [-0.2, 0) is 4.74 Å². The number of hydrogen-bond donors (Lipinski definition) is 1. The molecule has 0 aliphatic rings. The third-order valence-electron chi connectivity index (χ3n) is 2.07. The molecule has 5 heteroatoms. The largest absolute Gasteiger partial charge is 0.462 e. The van der Waals surface area contributed by atoms with E-state index in [-0.39, 0.29) is 17.9 Å². The Balaban J connectivity index is 3.10. The van der Waals surface area contributed by atoms with Crippen LogP contribution in [0.2, 0.25) is 0 Å². The van der Waals surface area contributed by atoms with E-state index in [1.807, 2.05) is 20.8 Å². The van der Waals surface area contributed by atoms with Gasteiger partial charge in [-0.2, -0.15) is 0 Å². The van der Waals surface area contributed by atoms with Gasteiger partial charge in [0.1, 0.15) is 9.88 Å². The Hall–Kier alpha value is -0.940. The van der Waals surface area contributed by atoms with E-state index in [1.54, 1.807) is 6.92 Å². The second-order valence-corrected chi connectivity index (χ2v) is 4.96. The first-order chi connectivity index (χ1) is 7.47. The second-order valence-electron chi connectivity index (χ2n) is 3.93. The number of carbonyl (C=O) groups is 1. The van der Waals surface area contributed by atoms with Gasteiger partial charge in [-0.15, -0.1) is 11.3 Å².